The van der Waals surface area contributed by atoms with Crippen molar-refractivity contribution in [3.63, 3.8) is 0 Å². The van der Waals surface area contributed by atoms with Gasteiger partial charge in [0.05, 0.1) is 25.4 Å². The second-order valence-electron chi connectivity index (χ2n) is 6.33. The summed E-state index contributed by atoms with van der Waals surface area (Å²) in [4.78, 5) is 15.8. The summed E-state index contributed by atoms with van der Waals surface area (Å²) in [5, 5.41) is 9.42. The average molecular weight is 348 g/mol. The molecule has 1 N–H and O–H groups in total. The molecule has 0 aliphatic carbocycles. The lowest BCUT2D eigenvalue weighted by atomic mass is 9.97. The summed E-state index contributed by atoms with van der Waals surface area (Å²) >= 11 is 1.67. The van der Waals surface area contributed by atoms with Crippen molar-refractivity contribution in [2.75, 3.05) is 19.7 Å². The van der Waals surface area contributed by atoms with E-state index >= 15 is 0 Å². The molecule has 130 valence electrons. The van der Waals surface area contributed by atoms with E-state index in [0.717, 1.165) is 12.0 Å². The second-order valence-corrected chi connectivity index (χ2v) is 7.31. The zero-order chi connectivity index (χ0) is 17.2. The second kappa shape index (κ2) is 6.94. The maximum atomic E-state index is 12.7. The van der Waals surface area contributed by atoms with Crippen LogP contribution in [0.2, 0.25) is 0 Å². The van der Waals surface area contributed by atoms with Crippen LogP contribution in [0.5, 0.6) is 0 Å². The van der Waals surface area contributed by atoms with E-state index in [-0.39, 0.29) is 12.1 Å². The molecule has 24 heavy (non-hydrogen) atoms. The van der Waals surface area contributed by atoms with Gasteiger partial charge in [-0.1, -0.05) is 13.0 Å². The molecule has 1 aliphatic rings. The predicted octanol–water partition coefficient (Wildman–Crippen LogP) is 2.89. The lowest BCUT2D eigenvalue weighted by molar-refractivity contribution is -0.0908. The van der Waals surface area contributed by atoms with Gasteiger partial charge < -0.3 is 15.0 Å². The topological polar surface area (TPSA) is 59.4 Å². The van der Waals surface area contributed by atoms with Crippen molar-refractivity contribution in [3.05, 3.63) is 40.3 Å². The van der Waals surface area contributed by atoms with Crippen molar-refractivity contribution >= 4 is 17.4 Å². The molecular formula is C17H24N4O2S. The van der Waals surface area contributed by atoms with Crippen LogP contribution in [-0.2, 0) is 17.4 Å². The first-order valence-electron chi connectivity index (χ1n) is 8.24. The summed E-state index contributed by atoms with van der Waals surface area (Å²) in [6, 6.07) is 4.11. The average Bonchev–Trinajstić information content (AvgIpc) is 3.24. The van der Waals surface area contributed by atoms with Crippen molar-refractivity contribution in [1.82, 2.24) is 20.0 Å². The van der Waals surface area contributed by atoms with E-state index < -0.39 is 5.60 Å². The Balaban J connectivity index is 1.69. The molecule has 1 aliphatic heterocycles. The minimum absolute atomic E-state index is 0.0336. The van der Waals surface area contributed by atoms with Crippen molar-refractivity contribution in [1.29, 1.82) is 0 Å². The number of carbonyl (C=O) groups is 1. The number of aromatic nitrogens is 2. The van der Waals surface area contributed by atoms with Gasteiger partial charge in [0.2, 0.25) is 0 Å². The zero-order valence-corrected chi connectivity index (χ0v) is 15.2. The summed E-state index contributed by atoms with van der Waals surface area (Å²) in [6.07, 6.45) is 4.63. The standard InChI is InChI=1S/C17H24N4O2S/c1-4-14(15-6-5-9-24-15)19-16(22)21-7-8-23-17(2,12-21)13-10-18-20(3)11-13/h5-6,9-11,14H,4,7-8,12H2,1-3H3,(H,19,22)/t14-,17+/m0/s1. The molecule has 2 amide bonds. The fourth-order valence-electron chi connectivity index (χ4n) is 3.02. The highest BCUT2D eigenvalue weighted by molar-refractivity contribution is 7.10. The van der Waals surface area contributed by atoms with Crippen LogP contribution in [0.25, 0.3) is 0 Å². The van der Waals surface area contributed by atoms with E-state index in [1.807, 2.05) is 42.7 Å². The highest BCUT2D eigenvalue weighted by atomic mass is 32.1. The number of amides is 2. The van der Waals surface area contributed by atoms with Gasteiger partial charge in [-0.2, -0.15) is 5.10 Å². The van der Waals surface area contributed by atoms with Crippen LogP contribution in [0.3, 0.4) is 0 Å². The molecule has 0 spiro atoms. The Morgan fingerprint density at radius 2 is 2.42 bits per heavy atom. The number of nitrogens with zero attached hydrogens (tertiary/aromatic N) is 3. The van der Waals surface area contributed by atoms with Crippen molar-refractivity contribution in [2.24, 2.45) is 7.05 Å². The normalized spacial score (nSPS) is 22.4. The van der Waals surface area contributed by atoms with E-state index in [4.69, 9.17) is 4.74 Å². The van der Waals surface area contributed by atoms with Crippen LogP contribution in [0.1, 0.15) is 36.8 Å². The summed E-state index contributed by atoms with van der Waals surface area (Å²) in [7, 11) is 1.88. The number of urea groups is 1. The number of rotatable bonds is 4. The molecule has 0 unspecified atom stereocenters. The summed E-state index contributed by atoms with van der Waals surface area (Å²) in [5.74, 6) is 0. The fourth-order valence-corrected chi connectivity index (χ4v) is 3.88. The molecule has 0 saturated carbocycles. The Morgan fingerprint density at radius 3 is 3.04 bits per heavy atom. The van der Waals surface area contributed by atoms with Crippen LogP contribution in [0.15, 0.2) is 29.9 Å². The third-order valence-corrected chi connectivity index (χ3v) is 5.46. The highest BCUT2D eigenvalue weighted by Gasteiger charge is 2.37. The molecule has 2 aromatic heterocycles. The van der Waals surface area contributed by atoms with Gasteiger partial charge in [0.15, 0.2) is 0 Å². The Morgan fingerprint density at radius 1 is 1.58 bits per heavy atom. The Kier molecular flexibility index (Phi) is 4.91. The maximum absolute atomic E-state index is 12.7. The van der Waals surface area contributed by atoms with Gasteiger partial charge in [-0.05, 0) is 24.8 Å². The number of morpholine rings is 1. The van der Waals surface area contributed by atoms with Gasteiger partial charge in [-0.25, -0.2) is 4.79 Å². The largest absolute Gasteiger partial charge is 0.367 e. The quantitative estimate of drug-likeness (QED) is 0.924. The number of ether oxygens (including phenoxy) is 1. The van der Waals surface area contributed by atoms with Crippen molar-refractivity contribution in [3.8, 4) is 0 Å². The molecule has 2 aromatic rings. The molecular weight excluding hydrogens is 324 g/mol. The summed E-state index contributed by atoms with van der Waals surface area (Å²) in [6.45, 7) is 5.74. The molecule has 2 atom stereocenters. The molecule has 7 heteroatoms. The molecule has 0 bridgehead atoms. The zero-order valence-electron chi connectivity index (χ0n) is 14.4. The van der Waals surface area contributed by atoms with E-state index in [1.165, 1.54) is 4.88 Å². The predicted molar refractivity (Wildman–Crippen MR) is 94.0 cm³/mol. The summed E-state index contributed by atoms with van der Waals surface area (Å²) in [5.41, 5.74) is 0.474. The van der Waals surface area contributed by atoms with E-state index in [0.29, 0.717) is 19.7 Å². The molecule has 6 nitrogen and oxygen atoms in total. The first-order valence-corrected chi connectivity index (χ1v) is 9.12. The van der Waals surface area contributed by atoms with Gasteiger partial charge in [0.1, 0.15) is 5.60 Å². The number of nitrogens with one attached hydrogen (secondary N) is 1. The van der Waals surface area contributed by atoms with E-state index in [1.54, 1.807) is 16.0 Å². The minimum Gasteiger partial charge on any atom is -0.367 e. The third-order valence-electron chi connectivity index (χ3n) is 4.47. The first kappa shape index (κ1) is 17.0. The monoisotopic (exact) mass is 348 g/mol. The lowest BCUT2D eigenvalue weighted by Gasteiger charge is -2.40. The number of carbonyl (C=O) groups excluding carboxylic acids is 1. The first-order chi connectivity index (χ1) is 11.5. The van der Waals surface area contributed by atoms with Gasteiger partial charge in [-0.3, -0.25) is 4.68 Å². The van der Waals surface area contributed by atoms with Crippen LogP contribution >= 0.6 is 11.3 Å². The van der Waals surface area contributed by atoms with Gasteiger partial charge in [0.25, 0.3) is 0 Å². The maximum Gasteiger partial charge on any atom is 0.318 e. The number of hydrogen-bond donors (Lipinski definition) is 1. The molecule has 1 saturated heterocycles. The molecule has 1 fully saturated rings. The van der Waals surface area contributed by atoms with Crippen LogP contribution in [0.4, 0.5) is 4.79 Å². The van der Waals surface area contributed by atoms with Crippen LogP contribution in [0, 0.1) is 0 Å². The number of aryl methyl sites for hydroxylation is 1. The molecule has 0 aromatic carbocycles. The lowest BCUT2D eigenvalue weighted by Crippen LogP contribution is -2.53. The molecule has 3 rings (SSSR count). The third kappa shape index (κ3) is 3.47. The van der Waals surface area contributed by atoms with E-state index in [9.17, 15) is 4.79 Å². The van der Waals surface area contributed by atoms with Crippen LogP contribution < -0.4 is 5.32 Å². The SMILES string of the molecule is CC[C@H](NC(=O)N1CCO[C@@](C)(c2cnn(C)c2)C1)c1cccs1. The van der Waals surface area contributed by atoms with Gasteiger partial charge >= 0.3 is 6.03 Å². The van der Waals surface area contributed by atoms with E-state index in [2.05, 4.69) is 23.4 Å². The molecule has 3 heterocycles. The van der Waals surface area contributed by atoms with Gasteiger partial charge in [-0.15, -0.1) is 11.3 Å². The summed E-state index contributed by atoms with van der Waals surface area (Å²) < 4.78 is 7.73. The Bertz CT molecular complexity index is 685. The van der Waals surface area contributed by atoms with Crippen molar-refractivity contribution < 1.29 is 9.53 Å². The van der Waals surface area contributed by atoms with Crippen LogP contribution in [-0.4, -0.2) is 40.4 Å². The van der Waals surface area contributed by atoms with Gasteiger partial charge in [0, 0.05) is 30.2 Å². The smallest absolute Gasteiger partial charge is 0.318 e. The fraction of sp³-hybridized carbons (Fsp3) is 0.529. The number of hydrogen-bond acceptors (Lipinski definition) is 4. The highest BCUT2D eigenvalue weighted by Crippen LogP contribution is 2.29. The number of thiophene rings is 1. The minimum atomic E-state index is -0.519. The Labute approximate surface area is 146 Å². The molecule has 0 radical (unpaired) electrons. The Hall–Kier alpha value is -1.86. The van der Waals surface area contributed by atoms with Crippen molar-refractivity contribution in [2.45, 2.75) is 31.9 Å².